The smallest absolute Gasteiger partial charge is 0.162 e. The van der Waals surface area contributed by atoms with Crippen LogP contribution in [0, 0.1) is 17.5 Å². The number of benzene rings is 2. The van der Waals surface area contributed by atoms with Crippen molar-refractivity contribution in [2.75, 3.05) is 12.4 Å². The van der Waals surface area contributed by atoms with Crippen LogP contribution in [0.2, 0.25) is 0 Å². The molecule has 3 nitrogen and oxygen atoms in total. The Labute approximate surface area is 161 Å². The second kappa shape index (κ2) is 8.08. The van der Waals surface area contributed by atoms with Gasteiger partial charge in [0.15, 0.2) is 5.82 Å². The van der Waals surface area contributed by atoms with E-state index in [-0.39, 0.29) is 16.6 Å². The number of fused-ring (bicyclic) bond motifs is 1. The van der Waals surface area contributed by atoms with Crippen LogP contribution >= 0.6 is 0 Å². The lowest BCUT2D eigenvalue weighted by molar-refractivity contribution is 0.585. The molecule has 0 atom stereocenters. The summed E-state index contributed by atoms with van der Waals surface area (Å²) in [5, 5.41) is 3.31. The van der Waals surface area contributed by atoms with Crippen LogP contribution < -0.4 is 5.32 Å². The number of anilines is 1. The molecule has 0 saturated heterocycles. The van der Waals surface area contributed by atoms with Crippen molar-refractivity contribution in [2.45, 2.75) is 6.92 Å². The van der Waals surface area contributed by atoms with E-state index in [0.29, 0.717) is 22.6 Å². The van der Waals surface area contributed by atoms with Gasteiger partial charge < -0.3 is 5.32 Å². The van der Waals surface area contributed by atoms with Crippen LogP contribution in [0.5, 0.6) is 0 Å². The molecule has 1 aromatic heterocycles. The third kappa shape index (κ3) is 3.67. The average molecular weight is 381 g/mol. The molecule has 1 N–H and O–H groups in total. The van der Waals surface area contributed by atoms with Crippen LogP contribution in [0.3, 0.4) is 0 Å². The average Bonchev–Trinajstić information content (AvgIpc) is 2.68. The lowest BCUT2D eigenvalue weighted by Gasteiger charge is -2.12. The highest BCUT2D eigenvalue weighted by Crippen LogP contribution is 2.32. The number of rotatable bonds is 5. The summed E-state index contributed by atoms with van der Waals surface area (Å²) in [6.45, 7) is 5.62. The van der Waals surface area contributed by atoms with Gasteiger partial charge in [0.05, 0.1) is 0 Å². The Morgan fingerprint density at radius 3 is 2.50 bits per heavy atom. The number of nitrogens with one attached hydrogen (secondary N) is 1. The Morgan fingerprint density at radius 1 is 1.07 bits per heavy atom. The molecule has 28 heavy (non-hydrogen) atoms. The third-order valence-electron chi connectivity index (χ3n) is 4.18. The molecule has 0 aliphatic carbocycles. The molecule has 0 unspecified atom stereocenters. The minimum atomic E-state index is -0.773. The third-order valence-corrected chi connectivity index (χ3v) is 4.18. The number of nitrogens with zero attached hydrogens (tertiary/aromatic N) is 2. The molecule has 0 amide bonds. The summed E-state index contributed by atoms with van der Waals surface area (Å²) in [5.41, 5.74) is 1.08. The fourth-order valence-corrected chi connectivity index (χ4v) is 2.82. The molecule has 0 bridgehead atoms. The zero-order valence-electron chi connectivity index (χ0n) is 15.4. The summed E-state index contributed by atoms with van der Waals surface area (Å²) in [4.78, 5) is 8.77. The standard InChI is InChI=1S/C22H18F3N3/c1-4-6-7-13(5-2)21-27-20-17(22(26-3)28-21)10-14(11-19(20)25)16-9-8-15(23)12-18(16)24/h4-12H,2H2,1,3H3,(H,26,27,28)/b6-4-,13-7+. The van der Waals surface area contributed by atoms with Crippen LogP contribution in [-0.4, -0.2) is 17.0 Å². The molecular weight excluding hydrogens is 363 g/mol. The quantitative estimate of drug-likeness (QED) is 0.559. The van der Waals surface area contributed by atoms with E-state index in [1.54, 1.807) is 31.3 Å². The van der Waals surface area contributed by atoms with E-state index in [9.17, 15) is 13.2 Å². The SMILES string of the molecule is C=C/C(=C\C=C/C)c1nc(NC)c2cc(-c3ccc(F)cc3F)cc(F)c2n1. The van der Waals surface area contributed by atoms with Crippen LogP contribution in [0.1, 0.15) is 12.7 Å². The van der Waals surface area contributed by atoms with E-state index in [0.717, 1.165) is 12.1 Å². The van der Waals surface area contributed by atoms with E-state index in [2.05, 4.69) is 21.9 Å². The van der Waals surface area contributed by atoms with E-state index >= 15 is 0 Å². The fraction of sp³-hybridized carbons (Fsp3) is 0.0909. The Hall–Kier alpha value is -3.41. The Kier molecular flexibility index (Phi) is 5.59. The maximum Gasteiger partial charge on any atom is 0.162 e. The molecule has 1 heterocycles. The predicted octanol–water partition coefficient (Wildman–Crippen LogP) is 5.90. The molecule has 0 aliphatic rings. The number of halogens is 3. The summed E-state index contributed by atoms with van der Waals surface area (Å²) >= 11 is 0. The normalized spacial score (nSPS) is 12.0. The van der Waals surface area contributed by atoms with Crippen molar-refractivity contribution >= 4 is 22.3 Å². The summed E-state index contributed by atoms with van der Waals surface area (Å²) in [7, 11) is 1.65. The molecular formula is C22H18F3N3. The molecule has 0 fully saturated rings. The number of hydrogen-bond donors (Lipinski definition) is 1. The van der Waals surface area contributed by atoms with Crippen LogP contribution in [0.25, 0.3) is 27.6 Å². The van der Waals surface area contributed by atoms with Crippen molar-refractivity contribution in [1.29, 1.82) is 0 Å². The maximum absolute atomic E-state index is 14.9. The number of allylic oxidation sites excluding steroid dienone is 5. The van der Waals surface area contributed by atoms with Gasteiger partial charge in [-0.1, -0.05) is 30.9 Å². The van der Waals surface area contributed by atoms with E-state index in [1.165, 1.54) is 12.1 Å². The second-order valence-corrected chi connectivity index (χ2v) is 5.98. The van der Waals surface area contributed by atoms with Crippen molar-refractivity contribution in [1.82, 2.24) is 9.97 Å². The molecule has 3 rings (SSSR count). The first-order valence-electron chi connectivity index (χ1n) is 8.58. The van der Waals surface area contributed by atoms with E-state index < -0.39 is 17.5 Å². The minimum absolute atomic E-state index is 0.0908. The predicted molar refractivity (Wildman–Crippen MR) is 107 cm³/mol. The van der Waals surface area contributed by atoms with Crippen molar-refractivity contribution in [3.05, 3.63) is 84.5 Å². The first-order chi connectivity index (χ1) is 13.5. The summed E-state index contributed by atoms with van der Waals surface area (Å²) in [6, 6.07) is 5.92. The lowest BCUT2D eigenvalue weighted by atomic mass is 10.0. The molecule has 0 aliphatic heterocycles. The van der Waals surface area contributed by atoms with Gasteiger partial charge in [0.2, 0.25) is 0 Å². The lowest BCUT2D eigenvalue weighted by Crippen LogP contribution is -2.02. The summed E-state index contributed by atoms with van der Waals surface area (Å²) in [5.74, 6) is -1.41. The van der Waals surface area contributed by atoms with Gasteiger partial charge in [0, 0.05) is 29.6 Å². The van der Waals surface area contributed by atoms with Gasteiger partial charge in [-0.3, -0.25) is 0 Å². The molecule has 2 aromatic carbocycles. The van der Waals surface area contributed by atoms with E-state index in [1.807, 2.05) is 13.0 Å². The van der Waals surface area contributed by atoms with E-state index in [4.69, 9.17) is 0 Å². The Morgan fingerprint density at radius 2 is 1.86 bits per heavy atom. The molecule has 6 heteroatoms. The van der Waals surface area contributed by atoms with Crippen molar-refractivity contribution < 1.29 is 13.2 Å². The van der Waals surface area contributed by atoms with Gasteiger partial charge in [-0.2, -0.15) is 0 Å². The largest absolute Gasteiger partial charge is 0.373 e. The van der Waals surface area contributed by atoms with Gasteiger partial charge in [-0.05, 0) is 36.8 Å². The highest BCUT2D eigenvalue weighted by molar-refractivity contribution is 5.94. The zero-order valence-corrected chi connectivity index (χ0v) is 15.4. The molecule has 0 spiro atoms. The number of hydrogen-bond acceptors (Lipinski definition) is 3. The van der Waals surface area contributed by atoms with Crippen LogP contribution in [0.15, 0.2) is 61.2 Å². The summed E-state index contributed by atoms with van der Waals surface area (Å²) < 4.78 is 42.2. The number of aromatic nitrogens is 2. The highest BCUT2D eigenvalue weighted by atomic mass is 19.1. The first-order valence-corrected chi connectivity index (χ1v) is 8.58. The van der Waals surface area contributed by atoms with Gasteiger partial charge in [-0.25, -0.2) is 23.1 Å². The fourth-order valence-electron chi connectivity index (χ4n) is 2.82. The Bertz CT molecular complexity index is 1120. The van der Waals surface area contributed by atoms with Crippen LogP contribution in [0.4, 0.5) is 19.0 Å². The van der Waals surface area contributed by atoms with Gasteiger partial charge in [0.25, 0.3) is 0 Å². The van der Waals surface area contributed by atoms with Crippen molar-refractivity contribution in [3.63, 3.8) is 0 Å². The molecule has 142 valence electrons. The minimum Gasteiger partial charge on any atom is -0.373 e. The van der Waals surface area contributed by atoms with Gasteiger partial charge >= 0.3 is 0 Å². The Balaban J connectivity index is 2.25. The molecule has 0 saturated carbocycles. The monoisotopic (exact) mass is 381 g/mol. The highest BCUT2D eigenvalue weighted by Gasteiger charge is 2.16. The molecule has 3 aromatic rings. The van der Waals surface area contributed by atoms with Crippen molar-refractivity contribution in [2.24, 2.45) is 0 Å². The second-order valence-electron chi connectivity index (χ2n) is 5.98. The maximum atomic E-state index is 14.9. The van der Waals surface area contributed by atoms with Crippen molar-refractivity contribution in [3.8, 4) is 11.1 Å². The molecule has 0 radical (unpaired) electrons. The zero-order chi connectivity index (χ0) is 20.3. The van der Waals surface area contributed by atoms with Gasteiger partial charge in [-0.15, -0.1) is 0 Å². The first kappa shape index (κ1) is 19.4. The summed E-state index contributed by atoms with van der Waals surface area (Å²) in [6.07, 6.45) is 7.00. The van der Waals surface area contributed by atoms with Crippen LogP contribution in [-0.2, 0) is 0 Å². The topological polar surface area (TPSA) is 37.8 Å². The van der Waals surface area contributed by atoms with Gasteiger partial charge in [0.1, 0.15) is 28.8 Å².